The minimum Gasteiger partial charge on any atom is -0.389 e. The zero-order valence-electron chi connectivity index (χ0n) is 12.1. The number of aliphatic hydroxyl groups is 1. The van der Waals surface area contributed by atoms with E-state index < -0.39 is 6.10 Å². The summed E-state index contributed by atoms with van der Waals surface area (Å²) >= 11 is 0. The van der Waals surface area contributed by atoms with E-state index in [9.17, 15) is 5.11 Å². The molecular formula is C19H19NO. The lowest BCUT2D eigenvalue weighted by molar-refractivity contribution is 0.200. The summed E-state index contributed by atoms with van der Waals surface area (Å²) < 4.78 is 0. The summed E-state index contributed by atoms with van der Waals surface area (Å²) in [7, 11) is 0. The van der Waals surface area contributed by atoms with Crippen molar-refractivity contribution < 1.29 is 5.11 Å². The molecule has 3 rings (SSSR count). The Bertz CT molecular complexity index is 744. The zero-order chi connectivity index (χ0) is 14.7. The van der Waals surface area contributed by atoms with Crippen molar-refractivity contribution in [3.8, 4) is 0 Å². The van der Waals surface area contributed by atoms with Gasteiger partial charge in [-0.2, -0.15) is 0 Å². The summed E-state index contributed by atoms with van der Waals surface area (Å²) in [4.78, 5) is 0. The fourth-order valence-corrected chi connectivity index (χ4v) is 2.66. The van der Waals surface area contributed by atoms with Crippen molar-refractivity contribution in [3.05, 3.63) is 77.9 Å². The molecule has 0 aliphatic heterocycles. The molecule has 0 amide bonds. The van der Waals surface area contributed by atoms with Crippen molar-refractivity contribution in [3.63, 3.8) is 0 Å². The van der Waals surface area contributed by atoms with E-state index in [1.54, 1.807) is 6.92 Å². The molecule has 0 aromatic heterocycles. The maximum atomic E-state index is 9.83. The summed E-state index contributed by atoms with van der Waals surface area (Å²) in [6.45, 7) is 2.53. The number of rotatable bonds is 4. The van der Waals surface area contributed by atoms with Gasteiger partial charge in [0.2, 0.25) is 0 Å². The number of nitrogens with one attached hydrogen (secondary N) is 1. The Morgan fingerprint density at radius 2 is 1.62 bits per heavy atom. The third-order valence-electron chi connectivity index (χ3n) is 3.76. The Morgan fingerprint density at radius 1 is 0.905 bits per heavy atom. The van der Waals surface area contributed by atoms with E-state index in [2.05, 4.69) is 47.8 Å². The Balaban J connectivity index is 1.87. The second-order valence-electron chi connectivity index (χ2n) is 5.26. The van der Waals surface area contributed by atoms with Crippen LogP contribution in [0.5, 0.6) is 0 Å². The third kappa shape index (κ3) is 2.91. The fraction of sp³-hybridized carbons (Fsp3) is 0.158. The summed E-state index contributed by atoms with van der Waals surface area (Å²) in [6, 6.07) is 22.6. The van der Waals surface area contributed by atoms with E-state index in [1.807, 2.05) is 24.3 Å². The molecular weight excluding hydrogens is 258 g/mol. The van der Waals surface area contributed by atoms with Crippen LogP contribution < -0.4 is 5.32 Å². The van der Waals surface area contributed by atoms with E-state index in [0.29, 0.717) is 0 Å². The first-order valence-corrected chi connectivity index (χ1v) is 7.23. The van der Waals surface area contributed by atoms with Gasteiger partial charge in [0.25, 0.3) is 0 Å². The predicted octanol–water partition coefficient (Wildman–Crippen LogP) is 4.51. The first-order chi connectivity index (χ1) is 10.3. The van der Waals surface area contributed by atoms with Crippen molar-refractivity contribution in [1.29, 1.82) is 0 Å². The number of benzene rings is 3. The molecule has 0 bridgehead atoms. The summed E-state index contributed by atoms with van der Waals surface area (Å²) in [5.41, 5.74) is 3.17. The van der Waals surface area contributed by atoms with Crippen molar-refractivity contribution in [2.45, 2.75) is 19.6 Å². The molecule has 0 aliphatic rings. The van der Waals surface area contributed by atoms with Gasteiger partial charge >= 0.3 is 0 Å². The zero-order valence-corrected chi connectivity index (χ0v) is 12.1. The highest BCUT2D eigenvalue weighted by atomic mass is 16.3. The molecule has 106 valence electrons. The Hall–Kier alpha value is -2.32. The number of hydrogen-bond donors (Lipinski definition) is 2. The Labute approximate surface area is 125 Å². The van der Waals surface area contributed by atoms with E-state index in [1.165, 1.54) is 16.3 Å². The number of aliphatic hydroxyl groups excluding tert-OH is 1. The molecule has 21 heavy (non-hydrogen) atoms. The average Bonchev–Trinajstić information content (AvgIpc) is 2.53. The van der Waals surface area contributed by atoms with Crippen LogP contribution in [0.15, 0.2) is 66.7 Å². The van der Waals surface area contributed by atoms with Crippen molar-refractivity contribution in [1.82, 2.24) is 0 Å². The number of fused-ring (bicyclic) bond motifs is 1. The molecule has 2 N–H and O–H groups in total. The molecule has 3 aromatic rings. The number of hydrogen-bond acceptors (Lipinski definition) is 2. The van der Waals surface area contributed by atoms with Crippen LogP contribution in [0.1, 0.15) is 24.2 Å². The van der Waals surface area contributed by atoms with Gasteiger partial charge in [-0.3, -0.25) is 0 Å². The highest BCUT2D eigenvalue weighted by Crippen LogP contribution is 2.24. The van der Waals surface area contributed by atoms with Gasteiger partial charge in [-0.25, -0.2) is 0 Å². The highest BCUT2D eigenvalue weighted by Gasteiger charge is 2.07. The smallest absolute Gasteiger partial charge is 0.0781 e. The van der Waals surface area contributed by atoms with E-state index in [4.69, 9.17) is 0 Å². The van der Waals surface area contributed by atoms with Gasteiger partial charge in [0.1, 0.15) is 0 Å². The molecule has 0 saturated carbocycles. The average molecular weight is 277 g/mol. The third-order valence-corrected chi connectivity index (χ3v) is 3.76. The van der Waals surface area contributed by atoms with Crippen LogP contribution in [-0.4, -0.2) is 5.11 Å². The molecule has 0 heterocycles. The Morgan fingerprint density at radius 3 is 2.48 bits per heavy atom. The topological polar surface area (TPSA) is 32.3 Å². The molecule has 0 radical (unpaired) electrons. The monoisotopic (exact) mass is 277 g/mol. The standard InChI is InChI=1S/C19H19NO/c1-14(21)17-10-4-5-12-19(17)20-13-16-9-6-8-15-7-2-3-11-18(15)16/h2-12,14,20-21H,13H2,1H3. The fourth-order valence-electron chi connectivity index (χ4n) is 2.66. The lowest BCUT2D eigenvalue weighted by atomic mass is 10.0. The van der Waals surface area contributed by atoms with Crippen molar-refractivity contribution in [2.24, 2.45) is 0 Å². The second-order valence-corrected chi connectivity index (χ2v) is 5.26. The van der Waals surface area contributed by atoms with Crippen molar-refractivity contribution in [2.75, 3.05) is 5.32 Å². The highest BCUT2D eigenvalue weighted by molar-refractivity contribution is 5.85. The quantitative estimate of drug-likeness (QED) is 0.735. The van der Waals surface area contributed by atoms with Crippen LogP contribution in [0.2, 0.25) is 0 Å². The predicted molar refractivity (Wildman–Crippen MR) is 88.4 cm³/mol. The van der Waals surface area contributed by atoms with E-state index in [-0.39, 0.29) is 0 Å². The normalized spacial score (nSPS) is 12.3. The Kier molecular flexibility index (Phi) is 3.89. The maximum absolute atomic E-state index is 9.83. The van der Waals surface area contributed by atoms with Crippen LogP contribution in [0.4, 0.5) is 5.69 Å². The van der Waals surface area contributed by atoms with Gasteiger partial charge in [-0.15, -0.1) is 0 Å². The van der Waals surface area contributed by atoms with Gasteiger partial charge < -0.3 is 10.4 Å². The van der Waals surface area contributed by atoms with Crippen molar-refractivity contribution >= 4 is 16.5 Å². The lowest BCUT2D eigenvalue weighted by Crippen LogP contribution is -2.04. The van der Waals surface area contributed by atoms with Gasteiger partial charge in [-0.1, -0.05) is 60.7 Å². The van der Waals surface area contributed by atoms with Crippen LogP contribution >= 0.6 is 0 Å². The van der Waals surface area contributed by atoms with Gasteiger partial charge in [-0.05, 0) is 29.3 Å². The SMILES string of the molecule is CC(O)c1ccccc1NCc1cccc2ccccc12. The summed E-state index contributed by atoms with van der Waals surface area (Å²) in [5, 5.41) is 15.8. The number of para-hydroxylation sites is 1. The minimum atomic E-state index is -0.471. The van der Waals surface area contributed by atoms with E-state index >= 15 is 0 Å². The first-order valence-electron chi connectivity index (χ1n) is 7.23. The summed E-state index contributed by atoms with van der Waals surface area (Å²) in [5.74, 6) is 0. The minimum absolute atomic E-state index is 0.471. The molecule has 0 aliphatic carbocycles. The second kappa shape index (κ2) is 5.98. The molecule has 0 fully saturated rings. The van der Waals surface area contributed by atoms with Crippen LogP contribution in [0.3, 0.4) is 0 Å². The van der Waals surface area contributed by atoms with E-state index in [0.717, 1.165) is 17.8 Å². The van der Waals surface area contributed by atoms with Gasteiger partial charge in [0, 0.05) is 17.8 Å². The van der Waals surface area contributed by atoms with Gasteiger partial charge in [0.05, 0.1) is 6.10 Å². The molecule has 0 spiro atoms. The molecule has 2 heteroatoms. The molecule has 1 unspecified atom stereocenters. The largest absolute Gasteiger partial charge is 0.389 e. The van der Waals surface area contributed by atoms with Gasteiger partial charge in [0.15, 0.2) is 0 Å². The molecule has 0 saturated heterocycles. The molecule has 1 atom stereocenters. The molecule has 3 aromatic carbocycles. The lowest BCUT2D eigenvalue weighted by Gasteiger charge is -2.15. The van der Waals surface area contributed by atoms with Crippen LogP contribution in [-0.2, 0) is 6.54 Å². The molecule has 2 nitrogen and oxygen atoms in total. The number of anilines is 1. The van der Waals surface area contributed by atoms with Crippen LogP contribution in [0.25, 0.3) is 10.8 Å². The summed E-state index contributed by atoms with van der Waals surface area (Å²) in [6.07, 6.45) is -0.471. The maximum Gasteiger partial charge on any atom is 0.0781 e. The first kappa shape index (κ1) is 13.7. The van der Waals surface area contributed by atoms with Crippen LogP contribution in [0, 0.1) is 0 Å².